The van der Waals surface area contributed by atoms with Gasteiger partial charge in [-0.1, -0.05) is 42.5 Å². The van der Waals surface area contributed by atoms with Gasteiger partial charge < -0.3 is 19.9 Å². The Morgan fingerprint density at radius 2 is 1.63 bits per heavy atom. The van der Waals surface area contributed by atoms with Crippen LogP contribution in [-0.2, 0) is 11.2 Å². The van der Waals surface area contributed by atoms with Gasteiger partial charge in [0.2, 0.25) is 0 Å². The van der Waals surface area contributed by atoms with Crippen LogP contribution in [0.15, 0.2) is 120 Å². The molecule has 5 aromatic rings. The molecular weight excluding hydrogens is 568 g/mol. The van der Waals surface area contributed by atoms with Crippen molar-refractivity contribution < 1.29 is 4.74 Å². The Labute approximate surface area is 268 Å². The molecule has 3 aromatic heterocycles. The highest BCUT2D eigenvalue weighted by atomic mass is 16.5. The number of benzene rings is 2. The SMILES string of the molecule is C1=CCC(C2NC3=C(O2)c2c(n(-c4cccc(C5=NC(c6ccncc6)CC(c6ccncc6)N5)c4)c4ccccc24)CC3)CC1. The predicted octanol–water partition coefficient (Wildman–Crippen LogP) is 7.56. The number of allylic oxidation sites excluding steroid dienone is 3. The molecule has 7 heteroatoms. The molecule has 0 amide bonds. The molecule has 0 radical (unpaired) electrons. The molecule has 7 nitrogen and oxygen atoms in total. The lowest BCUT2D eigenvalue weighted by Crippen LogP contribution is -2.35. The highest BCUT2D eigenvalue weighted by molar-refractivity contribution is 6.01. The Kier molecular flexibility index (Phi) is 6.69. The number of aromatic nitrogens is 3. The lowest BCUT2D eigenvalue weighted by molar-refractivity contribution is 0.0993. The second kappa shape index (κ2) is 11.3. The summed E-state index contributed by atoms with van der Waals surface area (Å²) in [7, 11) is 0. The fraction of sp³-hybridized carbons (Fsp3) is 0.256. The smallest absolute Gasteiger partial charge is 0.173 e. The van der Waals surface area contributed by atoms with Gasteiger partial charge in [0, 0.05) is 58.6 Å². The number of hydrogen-bond donors (Lipinski definition) is 2. The first-order chi connectivity index (χ1) is 22.8. The van der Waals surface area contributed by atoms with Crippen molar-refractivity contribution in [2.24, 2.45) is 10.9 Å². The number of rotatable bonds is 5. The third kappa shape index (κ3) is 4.69. The maximum Gasteiger partial charge on any atom is 0.173 e. The van der Waals surface area contributed by atoms with E-state index in [4.69, 9.17) is 9.73 Å². The first-order valence-corrected chi connectivity index (χ1v) is 16.5. The maximum atomic E-state index is 6.80. The molecular formula is C39H36N6O. The number of hydrogen-bond acceptors (Lipinski definition) is 6. The molecule has 9 rings (SSSR count). The van der Waals surface area contributed by atoms with Crippen LogP contribution in [0.1, 0.15) is 72.1 Å². The maximum absolute atomic E-state index is 6.80. The van der Waals surface area contributed by atoms with Gasteiger partial charge in [-0.15, -0.1) is 0 Å². The van der Waals surface area contributed by atoms with E-state index in [1.807, 2.05) is 24.8 Å². The highest BCUT2D eigenvalue weighted by Crippen LogP contribution is 2.44. The van der Waals surface area contributed by atoms with Crippen LogP contribution in [0.3, 0.4) is 0 Å². The Hall–Kier alpha value is -5.17. The number of fused-ring (bicyclic) bond motifs is 4. The van der Waals surface area contributed by atoms with Crippen molar-refractivity contribution in [1.29, 1.82) is 0 Å². The van der Waals surface area contributed by atoms with E-state index >= 15 is 0 Å². The summed E-state index contributed by atoms with van der Waals surface area (Å²) < 4.78 is 9.24. The summed E-state index contributed by atoms with van der Waals surface area (Å²) in [5.74, 6) is 2.45. The van der Waals surface area contributed by atoms with Crippen molar-refractivity contribution in [2.75, 3.05) is 0 Å². The van der Waals surface area contributed by atoms with E-state index in [9.17, 15) is 0 Å². The van der Waals surface area contributed by atoms with Crippen LogP contribution in [0.2, 0.25) is 0 Å². The molecule has 4 aliphatic rings. The highest BCUT2D eigenvalue weighted by Gasteiger charge is 2.37. The second-order valence-corrected chi connectivity index (χ2v) is 12.7. The average molecular weight is 605 g/mol. The van der Waals surface area contributed by atoms with Crippen molar-refractivity contribution in [3.8, 4) is 5.69 Å². The number of aliphatic imine (C=N–C) groups is 1. The Morgan fingerprint density at radius 1 is 0.804 bits per heavy atom. The van der Waals surface area contributed by atoms with Crippen molar-refractivity contribution in [3.63, 3.8) is 0 Å². The van der Waals surface area contributed by atoms with Crippen molar-refractivity contribution in [1.82, 2.24) is 25.2 Å². The Balaban J connectivity index is 1.11. The normalized spacial score (nSPS) is 23.6. The largest absolute Gasteiger partial charge is 0.468 e. The van der Waals surface area contributed by atoms with Gasteiger partial charge in [0.05, 0.1) is 23.3 Å². The monoisotopic (exact) mass is 604 g/mol. The van der Waals surface area contributed by atoms with Crippen LogP contribution in [0.5, 0.6) is 0 Å². The first kappa shape index (κ1) is 27.2. The summed E-state index contributed by atoms with van der Waals surface area (Å²) in [5.41, 5.74) is 9.60. The summed E-state index contributed by atoms with van der Waals surface area (Å²) in [4.78, 5) is 13.8. The molecule has 2 N–H and O–H groups in total. The lowest BCUT2D eigenvalue weighted by Gasteiger charge is -2.30. The summed E-state index contributed by atoms with van der Waals surface area (Å²) in [6, 6.07) is 26.1. The van der Waals surface area contributed by atoms with Gasteiger partial charge in [-0.25, -0.2) is 0 Å². The molecule has 0 spiro atoms. The molecule has 46 heavy (non-hydrogen) atoms. The van der Waals surface area contributed by atoms with E-state index in [1.54, 1.807) is 0 Å². The number of para-hydroxylation sites is 1. The van der Waals surface area contributed by atoms with Crippen LogP contribution in [-0.4, -0.2) is 26.6 Å². The molecule has 228 valence electrons. The van der Waals surface area contributed by atoms with Gasteiger partial charge >= 0.3 is 0 Å². The number of amidine groups is 1. The molecule has 0 fully saturated rings. The molecule has 0 bridgehead atoms. The fourth-order valence-corrected chi connectivity index (χ4v) is 7.74. The Bertz CT molecular complexity index is 2010. The zero-order valence-corrected chi connectivity index (χ0v) is 25.6. The number of nitrogens with zero attached hydrogens (tertiary/aromatic N) is 4. The van der Waals surface area contributed by atoms with Gasteiger partial charge in [-0.05, 0) is 92.1 Å². The van der Waals surface area contributed by atoms with Crippen molar-refractivity contribution in [3.05, 3.63) is 143 Å². The quantitative estimate of drug-likeness (QED) is 0.203. The zero-order valence-electron chi connectivity index (χ0n) is 25.6. The fourth-order valence-electron chi connectivity index (χ4n) is 7.74. The minimum atomic E-state index is 0.0196. The average Bonchev–Trinajstić information content (AvgIpc) is 3.72. The summed E-state index contributed by atoms with van der Waals surface area (Å²) in [6.45, 7) is 0. The number of pyridine rings is 2. The molecule has 2 aliphatic carbocycles. The van der Waals surface area contributed by atoms with E-state index in [1.165, 1.54) is 39.0 Å². The van der Waals surface area contributed by atoms with Crippen LogP contribution in [0.4, 0.5) is 0 Å². The Morgan fingerprint density at radius 3 is 2.46 bits per heavy atom. The van der Waals surface area contributed by atoms with Gasteiger partial charge in [0.25, 0.3) is 0 Å². The van der Waals surface area contributed by atoms with Crippen LogP contribution < -0.4 is 10.6 Å². The zero-order chi connectivity index (χ0) is 30.5. The molecule has 2 aliphatic heterocycles. The topological polar surface area (TPSA) is 76.4 Å². The van der Waals surface area contributed by atoms with Crippen LogP contribution in [0.25, 0.3) is 22.3 Å². The van der Waals surface area contributed by atoms with Gasteiger partial charge in [-0.2, -0.15) is 0 Å². The summed E-state index contributed by atoms with van der Waals surface area (Å²) in [5, 5.41) is 8.81. The summed E-state index contributed by atoms with van der Waals surface area (Å²) in [6.07, 6.45) is 18.2. The van der Waals surface area contributed by atoms with Gasteiger partial charge in [0.15, 0.2) is 12.0 Å². The van der Waals surface area contributed by atoms with Gasteiger partial charge in [0.1, 0.15) is 5.84 Å². The van der Waals surface area contributed by atoms with E-state index in [-0.39, 0.29) is 18.3 Å². The third-order valence-electron chi connectivity index (χ3n) is 10.0. The minimum Gasteiger partial charge on any atom is -0.468 e. The molecule has 4 unspecified atom stereocenters. The van der Waals surface area contributed by atoms with Crippen LogP contribution >= 0.6 is 0 Å². The lowest BCUT2D eigenvalue weighted by atomic mass is 9.93. The molecule has 0 saturated heterocycles. The standard InChI is InChI=1S/C39H36N6O/c1-2-7-27(8-3-1)39-44-31-13-14-35-36(37(31)46-39)30-11-4-5-12-34(30)45(35)29-10-6-9-28(23-29)38-42-32(25-15-19-40-20-16-25)24-33(43-38)26-17-21-41-22-18-26/h1-2,4-6,9-12,15-23,27,32-33,39,44H,3,7-8,13-14,24H2,(H,42,43). The van der Waals surface area contributed by atoms with Gasteiger partial charge in [-0.3, -0.25) is 15.0 Å². The second-order valence-electron chi connectivity index (χ2n) is 12.7. The summed E-state index contributed by atoms with van der Waals surface area (Å²) >= 11 is 0. The van der Waals surface area contributed by atoms with E-state index in [2.05, 4.69) is 110 Å². The first-order valence-electron chi connectivity index (χ1n) is 16.5. The van der Waals surface area contributed by atoms with Crippen LogP contribution in [0, 0.1) is 5.92 Å². The number of ether oxygens (including phenoxy) is 1. The van der Waals surface area contributed by atoms with E-state index in [0.717, 1.165) is 61.4 Å². The molecule has 0 saturated carbocycles. The third-order valence-corrected chi connectivity index (χ3v) is 10.0. The van der Waals surface area contributed by atoms with Crippen molar-refractivity contribution in [2.45, 2.75) is 56.8 Å². The van der Waals surface area contributed by atoms with E-state index in [0.29, 0.717) is 5.92 Å². The molecule has 4 atom stereocenters. The molecule has 5 heterocycles. The predicted molar refractivity (Wildman–Crippen MR) is 181 cm³/mol. The minimum absolute atomic E-state index is 0.0196. The number of nitrogens with one attached hydrogen (secondary N) is 2. The molecule has 2 aromatic carbocycles. The van der Waals surface area contributed by atoms with E-state index < -0.39 is 0 Å². The van der Waals surface area contributed by atoms with Crippen molar-refractivity contribution >= 4 is 22.5 Å².